The van der Waals surface area contributed by atoms with E-state index in [1.54, 1.807) is 0 Å². The summed E-state index contributed by atoms with van der Waals surface area (Å²) in [6, 6.07) is 7.77. The van der Waals surface area contributed by atoms with Gasteiger partial charge in [0.05, 0.1) is 19.4 Å². The minimum Gasteiger partial charge on any atom is -0.493 e. The number of ether oxygens (including phenoxy) is 1. The van der Waals surface area contributed by atoms with Crippen LogP contribution in [0.1, 0.15) is 23.8 Å². The molecule has 0 atom stereocenters. The number of rotatable bonds is 7. The van der Waals surface area contributed by atoms with Gasteiger partial charge in [0.2, 0.25) is 11.8 Å². The second-order valence-electron chi connectivity index (χ2n) is 4.40. The molecule has 106 valence electrons. The van der Waals surface area contributed by atoms with Gasteiger partial charge in [-0.15, -0.1) is 10.2 Å². The minimum absolute atomic E-state index is 0.0125. The highest BCUT2D eigenvalue weighted by atomic mass is 16.5. The average molecular weight is 276 g/mol. The molecule has 0 radical (unpaired) electrons. The molecular formula is C14H16N2O4. The van der Waals surface area contributed by atoms with Crippen molar-refractivity contribution in [1.82, 2.24) is 10.2 Å². The molecule has 0 fully saturated rings. The SMILES string of the molecule is Cc1cccc(OCCc2nnc(CCC(=O)O)o2)c1. The number of aromatic nitrogens is 2. The number of carboxylic acids is 1. The van der Waals surface area contributed by atoms with E-state index in [1.165, 1.54) is 0 Å². The van der Waals surface area contributed by atoms with Crippen LogP contribution < -0.4 is 4.74 Å². The summed E-state index contributed by atoms with van der Waals surface area (Å²) < 4.78 is 10.9. The van der Waals surface area contributed by atoms with Crippen molar-refractivity contribution in [3.8, 4) is 5.75 Å². The fourth-order valence-electron chi connectivity index (χ4n) is 1.67. The number of hydrogen-bond donors (Lipinski definition) is 1. The molecule has 20 heavy (non-hydrogen) atoms. The zero-order chi connectivity index (χ0) is 14.4. The lowest BCUT2D eigenvalue weighted by molar-refractivity contribution is -0.137. The second-order valence-corrected chi connectivity index (χ2v) is 4.40. The number of hydrogen-bond acceptors (Lipinski definition) is 5. The molecule has 0 unspecified atom stereocenters. The van der Waals surface area contributed by atoms with Crippen molar-refractivity contribution in [1.29, 1.82) is 0 Å². The normalized spacial score (nSPS) is 10.4. The highest BCUT2D eigenvalue weighted by molar-refractivity contribution is 5.66. The van der Waals surface area contributed by atoms with Crippen molar-refractivity contribution < 1.29 is 19.1 Å². The molecule has 0 spiro atoms. The predicted octanol–water partition coefficient (Wildman–Crippen LogP) is 2.02. The van der Waals surface area contributed by atoms with E-state index in [2.05, 4.69) is 10.2 Å². The first-order valence-electron chi connectivity index (χ1n) is 6.36. The zero-order valence-corrected chi connectivity index (χ0v) is 11.2. The van der Waals surface area contributed by atoms with E-state index < -0.39 is 5.97 Å². The Morgan fingerprint density at radius 1 is 1.30 bits per heavy atom. The molecule has 0 aliphatic carbocycles. The minimum atomic E-state index is -0.882. The molecule has 0 amide bonds. The van der Waals surface area contributed by atoms with Crippen LogP contribution in [0, 0.1) is 6.92 Å². The Kier molecular flexibility index (Phi) is 4.70. The molecule has 1 aromatic carbocycles. The fraction of sp³-hybridized carbons (Fsp3) is 0.357. The number of benzene rings is 1. The largest absolute Gasteiger partial charge is 0.493 e. The van der Waals surface area contributed by atoms with Gasteiger partial charge in [0.25, 0.3) is 0 Å². The topological polar surface area (TPSA) is 85.5 Å². The van der Waals surface area contributed by atoms with Crippen LogP contribution in [-0.4, -0.2) is 27.9 Å². The number of carbonyl (C=O) groups is 1. The maximum absolute atomic E-state index is 10.4. The molecule has 1 N–H and O–H groups in total. The van der Waals surface area contributed by atoms with Crippen molar-refractivity contribution in [2.75, 3.05) is 6.61 Å². The molecule has 1 aromatic heterocycles. The third-order valence-corrected chi connectivity index (χ3v) is 2.64. The van der Waals surface area contributed by atoms with Gasteiger partial charge in [-0.2, -0.15) is 0 Å². The Morgan fingerprint density at radius 3 is 2.75 bits per heavy atom. The van der Waals surface area contributed by atoms with Crippen LogP contribution in [0.25, 0.3) is 0 Å². The third kappa shape index (κ3) is 4.38. The Hall–Kier alpha value is -2.37. The van der Waals surface area contributed by atoms with E-state index in [0.717, 1.165) is 11.3 Å². The maximum Gasteiger partial charge on any atom is 0.303 e. The van der Waals surface area contributed by atoms with E-state index in [-0.39, 0.29) is 12.8 Å². The van der Waals surface area contributed by atoms with Crippen molar-refractivity contribution in [2.24, 2.45) is 0 Å². The predicted molar refractivity (Wildman–Crippen MR) is 70.6 cm³/mol. The third-order valence-electron chi connectivity index (χ3n) is 2.64. The van der Waals surface area contributed by atoms with Gasteiger partial charge in [0, 0.05) is 6.42 Å². The number of nitrogens with zero attached hydrogens (tertiary/aromatic N) is 2. The van der Waals surface area contributed by atoms with Crippen LogP contribution in [-0.2, 0) is 17.6 Å². The quantitative estimate of drug-likeness (QED) is 0.832. The highest BCUT2D eigenvalue weighted by Crippen LogP contribution is 2.12. The monoisotopic (exact) mass is 276 g/mol. The molecule has 0 bridgehead atoms. The van der Waals surface area contributed by atoms with E-state index in [0.29, 0.717) is 24.8 Å². The molecule has 0 saturated heterocycles. The molecule has 0 aliphatic heterocycles. The Labute approximate surface area is 116 Å². The summed E-state index contributed by atoms with van der Waals surface area (Å²) >= 11 is 0. The van der Waals surface area contributed by atoms with Gasteiger partial charge in [-0.05, 0) is 24.6 Å². The Morgan fingerprint density at radius 2 is 2.05 bits per heavy atom. The Bertz CT molecular complexity index is 580. The van der Waals surface area contributed by atoms with Crippen LogP contribution in [0.3, 0.4) is 0 Å². The van der Waals surface area contributed by atoms with E-state index in [1.807, 2.05) is 31.2 Å². The molecule has 2 rings (SSSR count). The summed E-state index contributed by atoms with van der Waals surface area (Å²) in [5.74, 6) is 0.721. The van der Waals surface area contributed by atoms with Crippen LogP contribution in [0.4, 0.5) is 0 Å². The molecule has 0 aliphatic rings. The highest BCUT2D eigenvalue weighted by Gasteiger charge is 2.08. The van der Waals surface area contributed by atoms with E-state index in [9.17, 15) is 4.79 Å². The summed E-state index contributed by atoms with van der Waals surface area (Å²) in [5, 5.41) is 16.2. The van der Waals surface area contributed by atoms with Gasteiger partial charge in [0.15, 0.2) is 0 Å². The number of carboxylic acid groups (broad SMARTS) is 1. The lowest BCUT2D eigenvalue weighted by Crippen LogP contribution is -2.01. The van der Waals surface area contributed by atoms with Gasteiger partial charge < -0.3 is 14.3 Å². The molecule has 0 saturated carbocycles. The van der Waals surface area contributed by atoms with Gasteiger partial charge in [-0.25, -0.2) is 0 Å². The second kappa shape index (κ2) is 6.70. The maximum atomic E-state index is 10.4. The van der Waals surface area contributed by atoms with E-state index in [4.69, 9.17) is 14.3 Å². The summed E-state index contributed by atoms with van der Waals surface area (Å²) in [6.07, 6.45) is 0.733. The first kappa shape index (κ1) is 14.0. The molecule has 2 aromatic rings. The Balaban J connectivity index is 1.78. The van der Waals surface area contributed by atoms with Crippen molar-refractivity contribution in [3.63, 3.8) is 0 Å². The molecule has 1 heterocycles. The van der Waals surface area contributed by atoms with Crippen molar-refractivity contribution >= 4 is 5.97 Å². The summed E-state index contributed by atoms with van der Waals surface area (Å²) in [4.78, 5) is 10.4. The van der Waals surface area contributed by atoms with Crippen molar-refractivity contribution in [2.45, 2.75) is 26.2 Å². The van der Waals surface area contributed by atoms with Crippen molar-refractivity contribution in [3.05, 3.63) is 41.6 Å². The van der Waals surface area contributed by atoms with Crippen LogP contribution in [0.15, 0.2) is 28.7 Å². The first-order valence-corrected chi connectivity index (χ1v) is 6.36. The fourth-order valence-corrected chi connectivity index (χ4v) is 1.67. The molecular weight excluding hydrogens is 260 g/mol. The summed E-state index contributed by atoms with van der Waals surface area (Å²) in [7, 11) is 0. The van der Waals surface area contributed by atoms with Gasteiger partial charge in [-0.1, -0.05) is 12.1 Å². The van der Waals surface area contributed by atoms with Gasteiger partial charge in [0.1, 0.15) is 5.75 Å². The number of aryl methyl sites for hydroxylation is 2. The van der Waals surface area contributed by atoms with E-state index >= 15 is 0 Å². The first-order chi connectivity index (χ1) is 9.63. The number of aliphatic carboxylic acids is 1. The van der Waals surface area contributed by atoms with Crippen LogP contribution in [0.2, 0.25) is 0 Å². The lowest BCUT2D eigenvalue weighted by atomic mass is 10.2. The average Bonchev–Trinajstić information content (AvgIpc) is 2.84. The standard InChI is InChI=1S/C14H16N2O4/c1-10-3-2-4-11(9-10)19-8-7-13-16-15-12(20-13)5-6-14(17)18/h2-4,9H,5-8H2,1H3,(H,17,18). The lowest BCUT2D eigenvalue weighted by Gasteiger charge is -2.04. The van der Waals surface area contributed by atoms with Crippen LogP contribution in [0.5, 0.6) is 5.75 Å². The molecule has 6 heteroatoms. The van der Waals surface area contributed by atoms with Crippen LogP contribution >= 0.6 is 0 Å². The molecule has 6 nitrogen and oxygen atoms in total. The smallest absolute Gasteiger partial charge is 0.303 e. The summed E-state index contributed by atoms with van der Waals surface area (Å²) in [6.45, 7) is 2.43. The summed E-state index contributed by atoms with van der Waals surface area (Å²) in [5.41, 5.74) is 1.14. The van der Waals surface area contributed by atoms with Gasteiger partial charge >= 0.3 is 5.97 Å². The zero-order valence-electron chi connectivity index (χ0n) is 11.2. The van der Waals surface area contributed by atoms with Gasteiger partial charge in [-0.3, -0.25) is 4.79 Å².